The van der Waals surface area contributed by atoms with Gasteiger partial charge in [0.2, 0.25) is 10.0 Å². The minimum absolute atomic E-state index is 0.135. The van der Waals surface area contributed by atoms with E-state index in [0.717, 1.165) is 62.7 Å². The smallest absolute Gasteiger partial charge is 0.410 e. The number of likely N-dealkylation sites (tertiary alicyclic amines) is 1. The average Bonchev–Trinajstić information content (AvgIpc) is 2.68. The van der Waals surface area contributed by atoms with Crippen molar-refractivity contribution < 1.29 is 17.9 Å². The SMILES string of the molecule is CC(C)C1CC2(CCN(S(C)(=O)=O)CC2)C1.CC(C)C1CCC2(CC1)CN(C(=O)OC(C)(C)C)C2. The zero-order valence-electron chi connectivity index (χ0n) is 23.7. The van der Waals surface area contributed by atoms with E-state index in [1.807, 2.05) is 25.7 Å². The molecule has 7 heteroatoms. The van der Waals surface area contributed by atoms with Crippen LogP contribution >= 0.6 is 0 Å². The van der Waals surface area contributed by atoms with E-state index in [4.69, 9.17) is 4.74 Å². The van der Waals surface area contributed by atoms with Crippen LogP contribution in [0.3, 0.4) is 0 Å². The molecule has 2 spiro atoms. The topological polar surface area (TPSA) is 66.9 Å². The van der Waals surface area contributed by atoms with Gasteiger partial charge in [-0.25, -0.2) is 17.5 Å². The van der Waals surface area contributed by atoms with E-state index in [1.54, 1.807) is 4.31 Å². The van der Waals surface area contributed by atoms with Crippen LogP contribution in [0.25, 0.3) is 0 Å². The van der Waals surface area contributed by atoms with Crippen molar-refractivity contribution in [2.75, 3.05) is 32.4 Å². The number of piperidine rings is 1. The number of ether oxygens (including phenoxy) is 1. The maximum atomic E-state index is 11.9. The summed E-state index contributed by atoms with van der Waals surface area (Å²) < 4.78 is 29.9. The summed E-state index contributed by atoms with van der Waals surface area (Å²) in [5, 5.41) is 0. The van der Waals surface area contributed by atoms with Gasteiger partial charge in [-0.1, -0.05) is 27.7 Å². The summed E-state index contributed by atoms with van der Waals surface area (Å²) in [5.74, 6) is 3.36. The van der Waals surface area contributed by atoms with E-state index < -0.39 is 10.0 Å². The van der Waals surface area contributed by atoms with Crippen LogP contribution in [0.4, 0.5) is 4.79 Å². The van der Waals surface area contributed by atoms with Crippen molar-refractivity contribution in [3.05, 3.63) is 0 Å². The van der Waals surface area contributed by atoms with E-state index in [9.17, 15) is 13.2 Å². The Labute approximate surface area is 215 Å². The first-order chi connectivity index (χ1) is 16.0. The highest BCUT2D eigenvalue weighted by Crippen LogP contribution is 2.55. The van der Waals surface area contributed by atoms with Crippen molar-refractivity contribution >= 4 is 16.1 Å². The van der Waals surface area contributed by atoms with E-state index in [2.05, 4.69) is 27.7 Å². The second kappa shape index (κ2) is 10.5. The lowest BCUT2D eigenvalue weighted by Gasteiger charge is -2.53. The van der Waals surface area contributed by atoms with Crippen LogP contribution in [0, 0.1) is 34.5 Å². The molecule has 4 fully saturated rings. The fourth-order valence-corrected chi connectivity index (χ4v) is 7.52. The first kappa shape index (κ1) is 28.7. The van der Waals surface area contributed by atoms with Crippen molar-refractivity contribution in [3.8, 4) is 0 Å². The Morgan fingerprint density at radius 1 is 0.857 bits per heavy atom. The number of nitrogens with zero attached hydrogens (tertiary/aromatic N) is 2. The van der Waals surface area contributed by atoms with Gasteiger partial charge in [-0.3, -0.25) is 0 Å². The lowest BCUT2D eigenvalue weighted by Crippen LogP contribution is -2.60. The Morgan fingerprint density at radius 2 is 1.34 bits per heavy atom. The number of hydrogen-bond acceptors (Lipinski definition) is 4. The van der Waals surface area contributed by atoms with E-state index in [1.165, 1.54) is 44.8 Å². The molecular formula is C28H52N2O4S. The van der Waals surface area contributed by atoms with Gasteiger partial charge in [0.05, 0.1) is 6.26 Å². The largest absolute Gasteiger partial charge is 0.444 e. The van der Waals surface area contributed by atoms with Gasteiger partial charge in [0.25, 0.3) is 0 Å². The lowest BCUT2D eigenvalue weighted by molar-refractivity contribution is -0.0567. The van der Waals surface area contributed by atoms with Crippen LogP contribution in [-0.4, -0.2) is 61.8 Å². The Balaban J connectivity index is 0.000000198. The van der Waals surface area contributed by atoms with E-state index in [-0.39, 0.29) is 11.7 Å². The predicted octanol–water partition coefficient (Wildman–Crippen LogP) is 6.16. The predicted molar refractivity (Wildman–Crippen MR) is 143 cm³/mol. The average molecular weight is 513 g/mol. The van der Waals surface area contributed by atoms with Gasteiger partial charge in [-0.15, -0.1) is 0 Å². The Bertz CT molecular complexity index is 814. The Morgan fingerprint density at radius 3 is 1.74 bits per heavy atom. The Hall–Kier alpha value is -0.820. The molecule has 204 valence electrons. The molecule has 0 radical (unpaired) electrons. The fraction of sp³-hybridized carbons (Fsp3) is 0.964. The molecule has 2 aliphatic carbocycles. The molecule has 4 aliphatic rings. The second-order valence-corrected chi connectivity index (χ2v) is 16.0. The highest BCUT2D eigenvalue weighted by Gasteiger charge is 2.48. The molecule has 0 aromatic carbocycles. The van der Waals surface area contributed by atoms with Crippen molar-refractivity contribution in [1.82, 2.24) is 9.21 Å². The molecular weight excluding hydrogens is 460 g/mol. The van der Waals surface area contributed by atoms with Crippen LogP contribution in [0.2, 0.25) is 0 Å². The summed E-state index contributed by atoms with van der Waals surface area (Å²) >= 11 is 0. The van der Waals surface area contributed by atoms with Gasteiger partial charge in [-0.05, 0) is 101 Å². The highest BCUT2D eigenvalue weighted by molar-refractivity contribution is 7.88. The molecule has 0 unspecified atom stereocenters. The molecule has 4 rings (SSSR count). The highest BCUT2D eigenvalue weighted by atomic mass is 32.2. The monoisotopic (exact) mass is 512 g/mol. The van der Waals surface area contributed by atoms with Gasteiger partial charge >= 0.3 is 6.09 Å². The molecule has 2 aliphatic heterocycles. The van der Waals surface area contributed by atoms with Crippen LogP contribution < -0.4 is 0 Å². The molecule has 35 heavy (non-hydrogen) atoms. The van der Waals surface area contributed by atoms with Crippen molar-refractivity contribution in [2.45, 2.75) is 105 Å². The summed E-state index contributed by atoms with van der Waals surface area (Å²) in [6.07, 6.45) is 11.2. The van der Waals surface area contributed by atoms with E-state index in [0.29, 0.717) is 10.8 Å². The van der Waals surface area contributed by atoms with Gasteiger partial charge < -0.3 is 9.64 Å². The minimum atomic E-state index is -2.96. The van der Waals surface area contributed by atoms with Crippen molar-refractivity contribution in [1.29, 1.82) is 0 Å². The minimum Gasteiger partial charge on any atom is -0.444 e. The zero-order chi connectivity index (χ0) is 26.2. The lowest BCUT2D eigenvalue weighted by atomic mass is 9.55. The first-order valence-electron chi connectivity index (χ1n) is 14.0. The first-order valence-corrected chi connectivity index (χ1v) is 15.8. The molecule has 2 saturated carbocycles. The van der Waals surface area contributed by atoms with Crippen molar-refractivity contribution in [2.24, 2.45) is 34.5 Å². The number of carbonyl (C=O) groups excluding carboxylic acids is 1. The molecule has 0 aromatic rings. The van der Waals surface area contributed by atoms with Gasteiger partial charge in [0.1, 0.15) is 5.60 Å². The number of hydrogen-bond donors (Lipinski definition) is 0. The second-order valence-electron chi connectivity index (χ2n) is 14.0. The number of carbonyl (C=O) groups is 1. The summed E-state index contributed by atoms with van der Waals surface area (Å²) in [6.45, 7) is 18.3. The summed E-state index contributed by atoms with van der Waals surface area (Å²) in [7, 11) is -2.96. The molecule has 2 heterocycles. The third-order valence-corrected chi connectivity index (χ3v) is 10.6. The normalized spacial score (nSPS) is 26.8. The quantitative estimate of drug-likeness (QED) is 0.454. The number of sulfonamides is 1. The molecule has 2 saturated heterocycles. The van der Waals surface area contributed by atoms with Gasteiger partial charge in [0, 0.05) is 31.6 Å². The molecule has 1 amide bonds. The molecule has 0 aromatic heterocycles. The fourth-order valence-electron chi connectivity index (χ4n) is 6.68. The standard InChI is InChI=1S/C16H29NO2.C12H23NO2S/c1-12(2)13-6-8-16(9-7-13)10-17(11-16)14(18)19-15(3,4)5;1-10(2)11-8-12(9-11)4-6-13(7-5-12)16(3,14)15/h12-13H,6-11H2,1-5H3;10-11H,4-9H2,1-3H3. The van der Waals surface area contributed by atoms with Gasteiger partial charge in [0.15, 0.2) is 0 Å². The summed E-state index contributed by atoms with van der Waals surface area (Å²) in [5.41, 5.74) is 0.535. The van der Waals surface area contributed by atoms with Gasteiger partial charge in [-0.2, -0.15) is 0 Å². The van der Waals surface area contributed by atoms with Crippen LogP contribution in [0.15, 0.2) is 0 Å². The number of amides is 1. The molecule has 0 atom stereocenters. The van der Waals surface area contributed by atoms with Crippen LogP contribution in [-0.2, 0) is 14.8 Å². The van der Waals surface area contributed by atoms with Crippen molar-refractivity contribution in [3.63, 3.8) is 0 Å². The van der Waals surface area contributed by atoms with E-state index >= 15 is 0 Å². The maximum Gasteiger partial charge on any atom is 0.410 e. The third kappa shape index (κ3) is 7.37. The Kier molecular flexibility index (Phi) is 8.63. The molecule has 6 nitrogen and oxygen atoms in total. The molecule has 0 bridgehead atoms. The van der Waals surface area contributed by atoms with Crippen LogP contribution in [0.1, 0.15) is 99.8 Å². The summed E-state index contributed by atoms with van der Waals surface area (Å²) in [6, 6.07) is 0. The third-order valence-electron chi connectivity index (χ3n) is 9.32. The summed E-state index contributed by atoms with van der Waals surface area (Å²) in [4.78, 5) is 13.8. The molecule has 0 N–H and O–H groups in total. The van der Waals surface area contributed by atoms with Crippen LogP contribution in [0.5, 0.6) is 0 Å². The zero-order valence-corrected chi connectivity index (χ0v) is 24.5. The maximum absolute atomic E-state index is 11.9. The number of rotatable bonds is 3.